The van der Waals surface area contributed by atoms with Crippen LogP contribution in [-0.2, 0) is 4.79 Å². The smallest absolute Gasteiger partial charge is 0.248 e. The second kappa shape index (κ2) is 4.81. The molecule has 3 aromatic heterocycles. The van der Waals surface area contributed by atoms with Crippen molar-refractivity contribution in [3.8, 4) is 0 Å². The van der Waals surface area contributed by atoms with Crippen LogP contribution in [0.25, 0.3) is 11.6 Å². The summed E-state index contributed by atoms with van der Waals surface area (Å²) in [6.07, 6.45) is 8.11. The van der Waals surface area contributed by atoms with Crippen LogP contribution in [0.15, 0.2) is 59.5 Å². The number of fused-ring (bicyclic) bond motifs is 1. The van der Waals surface area contributed by atoms with Crippen LogP contribution < -0.4 is 5.32 Å². The molecule has 0 spiro atoms. The number of furan rings is 1. The minimum absolute atomic E-state index is 0.208. The third kappa shape index (κ3) is 2.55. The van der Waals surface area contributed by atoms with E-state index in [1.54, 1.807) is 47.4 Å². The van der Waals surface area contributed by atoms with Gasteiger partial charge in [0, 0.05) is 24.2 Å². The minimum atomic E-state index is -0.208. The van der Waals surface area contributed by atoms with Crippen LogP contribution >= 0.6 is 0 Å². The van der Waals surface area contributed by atoms with Gasteiger partial charge >= 0.3 is 0 Å². The molecule has 0 saturated carbocycles. The lowest BCUT2D eigenvalue weighted by Crippen LogP contribution is -2.07. The fraction of sp³-hybridized carbons (Fsp3) is 0. The predicted octanol–water partition coefficient (Wildman–Crippen LogP) is 2.58. The van der Waals surface area contributed by atoms with E-state index < -0.39 is 0 Å². The van der Waals surface area contributed by atoms with Crippen molar-refractivity contribution in [3.05, 3.63) is 60.8 Å². The zero-order valence-corrected chi connectivity index (χ0v) is 9.98. The molecule has 1 amide bonds. The molecule has 5 heteroatoms. The minimum Gasteiger partial charge on any atom is -0.465 e. The van der Waals surface area contributed by atoms with Gasteiger partial charge in [0.15, 0.2) is 0 Å². The second-order valence-electron chi connectivity index (χ2n) is 3.95. The number of amides is 1. The maximum absolute atomic E-state index is 11.7. The first-order valence-electron chi connectivity index (χ1n) is 5.77. The highest BCUT2D eigenvalue weighted by atomic mass is 16.3. The Labute approximate surface area is 109 Å². The van der Waals surface area contributed by atoms with E-state index in [1.807, 2.05) is 12.1 Å². The molecule has 0 radical (unpaired) electrons. The molecule has 0 bridgehead atoms. The summed E-state index contributed by atoms with van der Waals surface area (Å²) in [7, 11) is 0. The second-order valence-corrected chi connectivity index (χ2v) is 3.95. The normalized spacial score (nSPS) is 11.2. The topological polar surface area (TPSA) is 59.5 Å². The van der Waals surface area contributed by atoms with Crippen LogP contribution in [0.1, 0.15) is 5.76 Å². The monoisotopic (exact) mass is 253 g/mol. The van der Waals surface area contributed by atoms with Gasteiger partial charge in [-0.3, -0.25) is 4.79 Å². The Hall–Kier alpha value is -2.82. The summed E-state index contributed by atoms with van der Waals surface area (Å²) in [5.74, 6) is 0.432. The van der Waals surface area contributed by atoms with Crippen molar-refractivity contribution >= 4 is 23.2 Å². The molecule has 3 rings (SSSR count). The lowest BCUT2D eigenvalue weighted by atomic mass is 10.3. The van der Waals surface area contributed by atoms with Crippen LogP contribution in [0.2, 0.25) is 0 Å². The van der Waals surface area contributed by atoms with Crippen molar-refractivity contribution in [1.29, 1.82) is 0 Å². The predicted molar refractivity (Wildman–Crippen MR) is 71.6 cm³/mol. The molecular formula is C14H11N3O2. The van der Waals surface area contributed by atoms with Crippen LogP contribution in [0.3, 0.4) is 0 Å². The number of pyridine rings is 1. The molecular weight excluding hydrogens is 242 g/mol. The van der Waals surface area contributed by atoms with Crippen molar-refractivity contribution in [1.82, 2.24) is 9.61 Å². The molecule has 3 heterocycles. The molecule has 0 saturated heterocycles. The summed E-state index contributed by atoms with van der Waals surface area (Å²) < 4.78 is 6.83. The number of carbonyl (C=O) groups is 1. The van der Waals surface area contributed by atoms with E-state index >= 15 is 0 Å². The maximum Gasteiger partial charge on any atom is 0.248 e. The van der Waals surface area contributed by atoms with E-state index in [0.29, 0.717) is 5.76 Å². The van der Waals surface area contributed by atoms with E-state index in [9.17, 15) is 4.79 Å². The van der Waals surface area contributed by atoms with Gasteiger partial charge < -0.3 is 9.73 Å². The third-order valence-corrected chi connectivity index (χ3v) is 2.61. The number of carbonyl (C=O) groups excluding carboxylic acids is 1. The number of rotatable bonds is 3. The standard InChI is InChI=1S/C14H11N3O2/c18-14(4-3-13-2-1-9-19-13)16-11-6-8-17-12(10-11)5-7-15-17/h1-10H,(H,16,18)/b4-3+. The zero-order chi connectivity index (χ0) is 13.1. The van der Waals surface area contributed by atoms with Crippen molar-refractivity contribution in [2.24, 2.45) is 0 Å². The number of hydrogen-bond donors (Lipinski definition) is 1. The lowest BCUT2D eigenvalue weighted by Gasteiger charge is -2.02. The average Bonchev–Trinajstić information content (AvgIpc) is 3.07. The van der Waals surface area contributed by atoms with E-state index in [-0.39, 0.29) is 5.91 Å². The molecule has 1 N–H and O–H groups in total. The first-order chi connectivity index (χ1) is 9.31. The average molecular weight is 253 g/mol. The van der Waals surface area contributed by atoms with Gasteiger partial charge in [-0.05, 0) is 36.4 Å². The molecule has 0 aliphatic carbocycles. The van der Waals surface area contributed by atoms with E-state index in [4.69, 9.17) is 4.42 Å². The first kappa shape index (κ1) is 11.3. The Kier molecular flexibility index (Phi) is 2.86. The fourth-order valence-corrected chi connectivity index (χ4v) is 1.73. The van der Waals surface area contributed by atoms with Crippen LogP contribution in [0.4, 0.5) is 5.69 Å². The summed E-state index contributed by atoms with van der Waals surface area (Å²) in [5, 5.41) is 6.86. The summed E-state index contributed by atoms with van der Waals surface area (Å²) in [4.78, 5) is 11.7. The van der Waals surface area contributed by atoms with Crippen LogP contribution in [0, 0.1) is 0 Å². The lowest BCUT2D eigenvalue weighted by molar-refractivity contribution is -0.111. The van der Waals surface area contributed by atoms with Gasteiger partial charge in [0.25, 0.3) is 0 Å². The molecule has 0 aliphatic heterocycles. The Morgan fingerprint density at radius 1 is 1.37 bits per heavy atom. The summed E-state index contributed by atoms with van der Waals surface area (Å²) in [6, 6.07) is 9.06. The highest BCUT2D eigenvalue weighted by molar-refractivity contribution is 6.02. The third-order valence-electron chi connectivity index (χ3n) is 2.61. The largest absolute Gasteiger partial charge is 0.465 e. The Morgan fingerprint density at radius 2 is 2.32 bits per heavy atom. The quantitative estimate of drug-likeness (QED) is 0.730. The number of nitrogens with one attached hydrogen (secondary N) is 1. The number of nitrogens with zero attached hydrogens (tertiary/aromatic N) is 2. The summed E-state index contributed by atoms with van der Waals surface area (Å²) in [5.41, 5.74) is 1.65. The van der Waals surface area contributed by atoms with Gasteiger partial charge in [0.05, 0.1) is 11.8 Å². The number of hydrogen-bond acceptors (Lipinski definition) is 3. The highest BCUT2D eigenvalue weighted by Gasteiger charge is 2.00. The zero-order valence-electron chi connectivity index (χ0n) is 9.98. The first-order valence-corrected chi connectivity index (χ1v) is 5.77. The number of anilines is 1. The molecule has 0 aromatic carbocycles. The van der Waals surface area contributed by atoms with Gasteiger partial charge in [-0.2, -0.15) is 5.10 Å². The van der Waals surface area contributed by atoms with Gasteiger partial charge in [-0.15, -0.1) is 0 Å². The Bertz CT molecular complexity index is 726. The Morgan fingerprint density at radius 3 is 3.16 bits per heavy atom. The summed E-state index contributed by atoms with van der Waals surface area (Å²) >= 11 is 0. The molecule has 94 valence electrons. The van der Waals surface area contributed by atoms with Gasteiger partial charge in [0.1, 0.15) is 5.76 Å². The molecule has 3 aromatic rings. The fourth-order valence-electron chi connectivity index (χ4n) is 1.73. The van der Waals surface area contributed by atoms with Crippen LogP contribution in [0.5, 0.6) is 0 Å². The molecule has 5 nitrogen and oxygen atoms in total. The van der Waals surface area contributed by atoms with Gasteiger partial charge in [0.2, 0.25) is 5.91 Å². The molecule has 0 aliphatic rings. The van der Waals surface area contributed by atoms with Gasteiger partial charge in [-0.1, -0.05) is 0 Å². The van der Waals surface area contributed by atoms with Crippen molar-refractivity contribution < 1.29 is 9.21 Å². The maximum atomic E-state index is 11.7. The molecule has 19 heavy (non-hydrogen) atoms. The molecule has 0 unspecified atom stereocenters. The molecule has 0 fully saturated rings. The summed E-state index contributed by atoms with van der Waals surface area (Å²) in [6.45, 7) is 0. The van der Waals surface area contributed by atoms with Crippen molar-refractivity contribution in [2.45, 2.75) is 0 Å². The van der Waals surface area contributed by atoms with E-state index in [0.717, 1.165) is 11.2 Å². The van der Waals surface area contributed by atoms with E-state index in [2.05, 4.69) is 10.4 Å². The highest BCUT2D eigenvalue weighted by Crippen LogP contribution is 2.11. The SMILES string of the molecule is O=C(/C=C/c1ccco1)Nc1ccn2nccc2c1. The van der Waals surface area contributed by atoms with E-state index in [1.165, 1.54) is 6.08 Å². The molecule has 0 atom stereocenters. The van der Waals surface area contributed by atoms with Gasteiger partial charge in [-0.25, -0.2) is 4.52 Å². The van der Waals surface area contributed by atoms with Crippen LogP contribution in [-0.4, -0.2) is 15.5 Å². The Balaban J connectivity index is 1.71. The van der Waals surface area contributed by atoms with Crippen molar-refractivity contribution in [2.75, 3.05) is 5.32 Å². The number of aromatic nitrogens is 2. The van der Waals surface area contributed by atoms with Crippen molar-refractivity contribution in [3.63, 3.8) is 0 Å².